The largest absolute Gasteiger partial charge is 0.444 e. The maximum absolute atomic E-state index is 12.1. The number of amides is 1. The van der Waals surface area contributed by atoms with E-state index in [-0.39, 0.29) is 6.09 Å². The van der Waals surface area contributed by atoms with E-state index in [1.165, 1.54) is 0 Å². The van der Waals surface area contributed by atoms with Gasteiger partial charge in [-0.25, -0.2) is 4.79 Å². The molecular weight excluding hydrogens is 240 g/mol. The van der Waals surface area contributed by atoms with E-state index in [2.05, 4.69) is 19.2 Å². The molecule has 1 saturated carbocycles. The van der Waals surface area contributed by atoms with Crippen LogP contribution in [-0.4, -0.2) is 42.3 Å². The number of nitrogens with zero attached hydrogens (tertiary/aromatic N) is 1. The molecule has 1 aliphatic rings. The molecule has 0 aromatic carbocycles. The van der Waals surface area contributed by atoms with Gasteiger partial charge in [0, 0.05) is 12.6 Å². The number of carbonyl (C=O) groups excluding carboxylic acids is 1. The highest BCUT2D eigenvalue weighted by atomic mass is 16.6. The van der Waals surface area contributed by atoms with E-state index in [1.54, 1.807) is 0 Å². The lowest BCUT2D eigenvalue weighted by Gasteiger charge is -2.27. The second-order valence-corrected chi connectivity index (χ2v) is 6.86. The minimum absolute atomic E-state index is 0.154. The highest BCUT2D eigenvalue weighted by Gasteiger charge is 2.34. The Morgan fingerprint density at radius 1 is 1.37 bits per heavy atom. The first-order valence-corrected chi connectivity index (χ1v) is 7.50. The molecule has 0 heterocycles. The molecule has 1 amide bonds. The van der Waals surface area contributed by atoms with Crippen molar-refractivity contribution in [2.75, 3.05) is 19.6 Å². The molecule has 0 spiro atoms. The predicted octanol–water partition coefficient (Wildman–Crippen LogP) is 3.02. The van der Waals surface area contributed by atoms with Gasteiger partial charge in [-0.05, 0) is 59.0 Å². The number of carbonyl (C=O) groups is 1. The fourth-order valence-electron chi connectivity index (χ4n) is 1.89. The van der Waals surface area contributed by atoms with Crippen LogP contribution in [0.1, 0.15) is 53.9 Å². The van der Waals surface area contributed by atoms with Crippen molar-refractivity contribution in [1.82, 2.24) is 10.2 Å². The Labute approximate surface area is 117 Å². The van der Waals surface area contributed by atoms with Gasteiger partial charge in [-0.15, -0.1) is 0 Å². The van der Waals surface area contributed by atoms with Gasteiger partial charge in [0.05, 0.1) is 0 Å². The molecule has 1 rings (SSSR count). The maximum Gasteiger partial charge on any atom is 0.410 e. The minimum atomic E-state index is -0.403. The van der Waals surface area contributed by atoms with Crippen molar-refractivity contribution in [2.45, 2.75) is 65.5 Å². The van der Waals surface area contributed by atoms with Crippen molar-refractivity contribution in [2.24, 2.45) is 5.92 Å². The molecule has 1 aliphatic carbocycles. The van der Waals surface area contributed by atoms with Gasteiger partial charge >= 0.3 is 6.09 Å². The van der Waals surface area contributed by atoms with E-state index in [1.807, 2.05) is 25.7 Å². The molecule has 0 unspecified atom stereocenters. The minimum Gasteiger partial charge on any atom is -0.444 e. The fourth-order valence-corrected chi connectivity index (χ4v) is 1.89. The van der Waals surface area contributed by atoms with Crippen molar-refractivity contribution in [3.63, 3.8) is 0 Å². The Hall–Kier alpha value is -0.770. The van der Waals surface area contributed by atoms with E-state index in [0.29, 0.717) is 12.0 Å². The first kappa shape index (κ1) is 16.3. The fraction of sp³-hybridized carbons (Fsp3) is 0.933. The van der Waals surface area contributed by atoms with Gasteiger partial charge in [0.15, 0.2) is 0 Å². The number of hydrogen-bond donors (Lipinski definition) is 1. The van der Waals surface area contributed by atoms with E-state index in [4.69, 9.17) is 4.74 Å². The third kappa shape index (κ3) is 7.41. The second-order valence-electron chi connectivity index (χ2n) is 6.86. The van der Waals surface area contributed by atoms with Gasteiger partial charge in [-0.1, -0.05) is 13.8 Å². The summed E-state index contributed by atoms with van der Waals surface area (Å²) in [6.07, 6.45) is 3.08. The zero-order valence-corrected chi connectivity index (χ0v) is 13.2. The van der Waals surface area contributed by atoms with Crippen LogP contribution in [0.5, 0.6) is 0 Å². The summed E-state index contributed by atoms with van der Waals surface area (Å²) in [5.41, 5.74) is -0.403. The molecular formula is C15H30N2O2. The first-order chi connectivity index (χ1) is 8.79. The molecule has 4 nitrogen and oxygen atoms in total. The van der Waals surface area contributed by atoms with E-state index in [9.17, 15) is 4.79 Å². The highest BCUT2D eigenvalue weighted by molar-refractivity contribution is 5.69. The second kappa shape index (κ2) is 7.13. The Kier molecular flexibility index (Phi) is 6.11. The summed E-state index contributed by atoms with van der Waals surface area (Å²) in [7, 11) is 0. The Morgan fingerprint density at radius 2 is 2.00 bits per heavy atom. The molecule has 1 N–H and O–H groups in total. The molecule has 0 atom stereocenters. The monoisotopic (exact) mass is 270 g/mol. The van der Waals surface area contributed by atoms with Crippen LogP contribution in [0, 0.1) is 5.92 Å². The number of nitrogens with one attached hydrogen (secondary N) is 1. The summed E-state index contributed by atoms with van der Waals surface area (Å²) in [5, 5.41) is 3.41. The van der Waals surface area contributed by atoms with Gasteiger partial charge in [-0.3, -0.25) is 0 Å². The van der Waals surface area contributed by atoms with Crippen LogP contribution in [0.25, 0.3) is 0 Å². The van der Waals surface area contributed by atoms with Crippen molar-refractivity contribution < 1.29 is 9.53 Å². The SMILES string of the molecule is CC(C)CNCCCN(C(=O)OC(C)(C)C)C1CC1. The van der Waals surface area contributed by atoms with E-state index in [0.717, 1.165) is 38.9 Å². The summed E-state index contributed by atoms with van der Waals surface area (Å²) < 4.78 is 5.46. The molecule has 0 aliphatic heterocycles. The van der Waals surface area contributed by atoms with E-state index < -0.39 is 5.60 Å². The normalized spacial score (nSPS) is 15.7. The zero-order valence-electron chi connectivity index (χ0n) is 13.2. The van der Waals surface area contributed by atoms with Gasteiger partial charge < -0.3 is 15.0 Å². The number of rotatable bonds is 7. The van der Waals surface area contributed by atoms with Crippen LogP contribution in [-0.2, 0) is 4.74 Å². The molecule has 19 heavy (non-hydrogen) atoms. The Bertz CT molecular complexity index is 280. The van der Waals surface area contributed by atoms with Crippen molar-refractivity contribution >= 4 is 6.09 Å². The van der Waals surface area contributed by atoms with Crippen LogP contribution in [0.2, 0.25) is 0 Å². The summed E-state index contributed by atoms with van der Waals surface area (Å²) in [6, 6.07) is 0.417. The smallest absolute Gasteiger partial charge is 0.410 e. The lowest BCUT2D eigenvalue weighted by atomic mass is 10.2. The average Bonchev–Trinajstić information content (AvgIpc) is 3.03. The van der Waals surface area contributed by atoms with Crippen LogP contribution >= 0.6 is 0 Å². The summed E-state index contributed by atoms with van der Waals surface area (Å²) >= 11 is 0. The molecule has 4 heteroatoms. The molecule has 0 aromatic rings. The molecule has 0 radical (unpaired) electrons. The third-order valence-corrected chi connectivity index (χ3v) is 2.92. The number of ether oxygens (including phenoxy) is 1. The molecule has 112 valence electrons. The van der Waals surface area contributed by atoms with Crippen LogP contribution < -0.4 is 5.32 Å². The van der Waals surface area contributed by atoms with Gasteiger partial charge in [0.1, 0.15) is 5.60 Å². The Morgan fingerprint density at radius 3 is 2.47 bits per heavy atom. The molecule has 0 saturated heterocycles. The Balaban J connectivity index is 2.27. The molecule has 0 bridgehead atoms. The van der Waals surface area contributed by atoms with Gasteiger partial charge in [0.25, 0.3) is 0 Å². The predicted molar refractivity (Wildman–Crippen MR) is 78.3 cm³/mol. The summed E-state index contributed by atoms with van der Waals surface area (Å²) in [6.45, 7) is 12.9. The van der Waals surface area contributed by atoms with Crippen molar-refractivity contribution in [3.05, 3.63) is 0 Å². The summed E-state index contributed by atoms with van der Waals surface area (Å²) in [4.78, 5) is 14.0. The average molecular weight is 270 g/mol. The standard InChI is InChI=1S/C15H30N2O2/c1-12(2)11-16-9-6-10-17(13-7-8-13)14(18)19-15(3,4)5/h12-13,16H,6-11H2,1-5H3. The van der Waals surface area contributed by atoms with Crippen molar-refractivity contribution in [3.8, 4) is 0 Å². The molecule has 1 fully saturated rings. The van der Waals surface area contributed by atoms with Crippen LogP contribution in [0.4, 0.5) is 4.79 Å². The highest BCUT2D eigenvalue weighted by Crippen LogP contribution is 2.28. The van der Waals surface area contributed by atoms with Crippen LogP contribution in [0.15, 0.2) is 0 Å². The lowest BCUT2D eigenvalue weighted by molar-refractivity contribution is 0.0232. The number of hydrogen-bond acceptors (Lipinski definition) is 3. The molecule has 0 aromatic heterocycles. The van der Waals surface area contributed by atoms with E-state index >= 15 is 0 Å². The quantitative estimate of drug-likeness (QED) is 0.723. The van der Waals surface area contributed by atoms with Crippen molar-refractivity contribution in [1.29, 1.82) is 0 Å². The zero-order chi connectivity index (χ0) is 14.5. The van der Waals surface area contributed by atoms with Crippen LogP contribution in [0.3, 0.4) is 0 Å². The van der Waals surface area contributed by atoms with Gasteiger partial charge in [-0.2, -0.15) is 0 Å². The lowest BCUT2D eigenvalue weighted by Crippen LogP contribution is -2.39. The topological polar surface area (TPSA) is 41.6 Å². The first-order valence-electron chi connectivity index (χ1n) is 7.50. The third-order valence-electron chi connectivity index (χ3n) is 2.92. The maximum atomic E-state index is 12.1. The summed E-state index contributed by atoms with van der Waals surface area (Å²) in [5.74, 6) is 0.672. The van der Waals surface area contributed by atoms with Gasteiger partial charge in [0.2, 0.25) is 0 Å².